The van der Waals surface area contributed by atoms with Gasteiger partial charge in [0, 0.05) is 38.6 Å². The van der Waals surface area contributed by atoms with Crippen LogP contribution in [0.3, 0.4) is 0 Å². The van der Waals surface area contributed by atoms with E-state index >= 15 is 0 Å². The maximum Gasteiger partial charge on any atom is 0.317 e. The summed E-state index contributed by atoms with van der Waals surface area (Å²) in [4.78, 5) is 13.7. The molecular weight excluding hydrogens is 294 g/mol. The van der Waals surface area contributed by atoms with Crippen molar-refractivity contribution in [2.24, 2.45) is 0 Å². The molecule has 1 saturated heterocycles. The second-order valence-electron chi connectivity index (χ2n) is 5.28. The fraction of sp³-hybridized carbons (Fsp3) is 0.615. The Morgan fingerprint density at radius 2 is 2.05 bits per heavy atom. The van der Waals surface area contributed by atoms with Crippen molar-refractivity contribution in [2.75, 3.05) is 32.4 Å². The first-order valence-electron chi connectivity index (χ1n) is 6.89. The van der Waals surface area contributed by atoms with Gasteiger partial charge < -0.3 is 14.6 Å². The number of nitrogens with zero attached hydrogens (tertiary/aromatic N) is 2. The maximum atomic E-state index is 12.1. The van der Waals surface area contributed by atoms with Crippen molar-refractivity contribution in [1.82, 2.24) is 14.5 Å². The number of sulfonamides is 1. The smallest absolute Gasteiger partial charge is 0.317 e. The van der Waals surface area contributed by atoms with Gasteiger partial charge in [0.15, 0.2) is 0 Å². The van der Waals surface area contributed by atoms with E-state index in [1.54, 1.807) is 11.2 Å². The van der Waals surface area contributed by atoms with Crippen LogP contribution in [0.1, 0.15) is 12.7 Å². The van der Waals surface area contributed by atoms with E-state index in [-0.39, 0.29) is 12.1 Å². The lowest BCUT2D eigenvalue weighted by Gasteiger charge is -2.33. The molecule has 2 amide bonds. The summed E-state index contributed by atoms with van der Waals surface area (Å²) in [6.45, 7) is 3.42. The van der Waals surface area contributed by atoms with Gasteiger partial charge >= 0.3 is 6.03 Å². The summed E-state index contributed by atoms with van der Waals surface area (Å²) in [6, 6.07) is 3.47. The normalized spacial score (nSPS) is 18.5. The number of rotatable bonds is 4. The molecule has 8 heteroatoms. The van der Waals surface area contributed by atoms with E-state index in [0.29, 0.717) is 32.6 Å². The highest BCUT2D eigenvalue weighted by Gasteiger charge is 2.26. The SMILES string of the molecule is C[C@@H](Cc1ccco1)NC(=O)N1CCN(S(C)(=O)=O)CC1. The Bertz CT molecular complexity index is 562. The van der Waals surface area contributed by atoms with Gasteiger partial charge in [-0.1, -0.05) is 0 Å². The van der Waals surface area contributed by atoms with E-state index in [1.807, 2.05) is 19.1 Å². The lowest BCUT2D eigenvalue weighted by Crippen LogP contribution is -2.54. The molecule has 7 nitrogen and oxygen atoms in total. The standard InChI is InChI=1S/C13H21N3O4S/c1-11(10-12-4-3-9-20-12)14-13(17)15-5-7-16(8-6-15)21(2,18)19/h3-4,9,11H,5-8,10H2,1-2H3,(H,14,17)/t11-/m0/s1. The molecule has 21 heavy (non-hydrogen) atoms. The molecule has 2 rings (SSSR count). The monoisotopic (exact) mass is 315 g/mol. The molecular formula is C13H21N3O4S. The van der Waals surface area contributed by atoms with Crippen molar-refractivity contribution in [3.8, 4) is 0 Å². The largest absolute Gasteiger partial charge is 0.469 e. The molecule has 0 unspecified atom stereocenters. The van der Waals surface area contributed by atoms with E-state index < -0.39 is 10.0 Å². The molecule has 1 aromatic heterocycles. The third-order valence-electron chi connectivity index (χ3n) is 3.45. The third kappa shape index (κ3) is 4.47. The second-order valence-corrected chi connectivity index (χ2v) is 7.27. The molecule has 0 aliphatic carbocycles. The Labute approximate surface area is 124 Å². The summed E-state index contributed by atoms with van der Waals surface area (Å²) in [5.41, 5.74) is 0. The summed E-state index contributed by atoms with van der Waals surface area (Å²) in [5.74, 6) is 0.824. The minimum atomic E-state index is -3.17. The van der Waals surface area contributed by atoms with E-state index in [1.165, 1.54) is 10.6 Å². The highest BCUT2D eigenvalue weighted by molar-refractivity contribution is 7.88. The Kier molecular flexibility index (Phi) is 4.89. The van der Waals surface area contributed by atoms with Gasteiger partial charge in [0.1, 0.15) is 5.76 Å². The van der Waals surface area contributed by atoms with E-state index in [4.69, 9.17) is 4.42 Å². The number of carbonyl (C=O) groups excluding carboxylic acids is 1. The highest BCUT2D eigenvalue weighted by Crippen LogP contribution is 2.08. The van der Waals surface area contributed by atoms with Gasteiger partial charge in [-0.15, -0.1) is 0 Å². The molecule has 1 aliphatic rings. The Hall–Kier alpha value is -1.54. The first-order valence-corrected chi connectivity index (χ1v) is 8.74. The molecule has 0 bridgehead atoms. The summed E-state index contributed by atoms with van der Waals surface area (Å²) < 4.78 is 29.5. The highest BCUT2D eigenvalue weighted by atomic mass is 32.2. The van der Waals surface area contributed by atoms with Crippen LogP contribution in [0.4, 0.5) is 4.79 Å². The summed E-state index contributed by atoms with van der Waals surface area (Å²) in [5, 5.41) is 2.90. The number of hydrogen-bond donors (Lipinski definition) is 1. The van der Waals surface area contributed by atoms with Crippen molar-refractivity contribution in [3.05, 3.63) is 24.2 Å². The van der Waals surface area contributed by atoms with Crippen LogP contribution in [0.25, 0.3) is 0 Å². The van der Waals surface area contributed by atoms with Crippen molar-refractivity contribution in [2.45, 2.75) is 19.4 Å². The predicted octanol–water partition coefficient (Wildman–Crippen LogP) is 0.497. The van der Waals surface area contributed by atoms with Gasteiger partial charge in [0.25, 0.3) is 0 Å². The minimum Gasteiger partial charge on any atom is -0.469 e. The Morgan fingerprint density at radius 1 is 1.38 bits per heavy atom. The van der Waals surface area contributed by atoms with E-state index in [9.17, 15) is 13.2 Å². The average Bonchev–Trinajstić information content (AvgIpc) is 2.90. The Morgan fingerprint density at radius 3 is 2.57 bits per heavy atom. The number of urea groups is 1. The second kappa shape index (κ2) is 6.48. The number of amides is 2. The van der Waals surface area contributed by atoms with Gasteiger partial charge in [-0.2, -0.15) is 4.31 Å². The van der Waals surface area contributed by atoms with Crippen LogP contribution in [-0.4, -0.2) is 62.1 Å². The fourth-order valence-electron chi connectivity index (χ4n) is 2.31. The molecule has 0 aromatic carbocycles. The van der Waals surface area contributed by atoms with Crippen molar-refractivity contribution in [3.63, 3.8) is 0 Å². The number of nitrogens with one attached hydrogen (secondary N) is 1. The molecule has 1 fully saturated rings. The zero-order chi connectivity index (χ0) is 15.5. The van der Waals surface area contributed by atoms with Gasteiger partial charge in [0.05, 0.1) is 12.5 Å². The zero-order valence-corrected chi connectivity index (χ0v) is 13.1. The number of carbonyl (C=O) groups is 1. The first kappa shape index (κ1) is 15.8. The topological polar surface area (TPSA) is 82.9 Å². The molecule has 2 heterocycles. The first-order chi connectivity index (χ1) is 9.86. The summed E-state index contributed by atoms with van der Waals surface area (Å²) in [6.07, 6.45) is 3.42. The van der Waals surface area contributed by atoms with Crippen LogP contribution >= 0.6 is 0 Å². The van der Waals surface area contributed by atoms with Crippen LogP contribution < -0.4 is 5.32 Å². The molecule has 0 radical (unpaired) electrons. The van der Waals surface area contributed by atoms with Crippen LogP contribution in [0.15, 0.2) is 22.8 Å². The van der Waals surface area contributed by atoms with Crippen molar-refractivity contribution in [1.29, 1.82) is 0 Å². The average molecular weight is 315 g/mol. The minimum absolute atomic E-state index is 0.0448. The predicted molar refractivity (Wildman–Crippen MR) is 78.4 cm³/mol. The molecule has 1 atom stereocenters. The fourth-order valence-corrected chi connectivity index (χ4v) is 3.13. The van der Waals surface area contributed by atoms with Crippen LogP contribution in [0.2, 0.25) is 0 Å². The zero-order valence-electron chi connectivity index (χ0n) is 12.3. The molecule has 0 spiro atoms. The van der Waals surface area contributed by atoms with Crippen LogP contribution in [0.5, 0.6) is 0 Å². The lowest BCUT2D eigenvalue weighted by molar-refractivity contribution is 0.169. The molecule has 1 aliphatic heterocycles. The van der Waals surface area contributed by atoms with Gasteiger partial charge in [0.2, 0.25) is 10.0 Å². The van der Waals surface area contributed by atoms with Crippen LogP contribution in [-0.2, 0) is 16.4 Å². The summed E-state index contributed by atoms with van der Waals surface area (Å²) in [7, 11) is -3.17. The van der Waals surface area contributed by atoms with Crippen LogP contribution in [0, 0.1) is 0 Å². The molecule has 0 saturated carbocycles. The van der Waals surface area contributed by atoms with Crippen molar-refractivity contribution < 1.29 is 17.6 Å². The number of furan rings is 1. The molecule has 1 N–H and O–H groups in total. The maximum absolute atomic E-state index is 12.1. The van der Waals surface area contributed by atoms with Gasteiger partial charge in [-0.25, -0.2) is 13.2 Å². The lowest BCUT2D eigenvalue weighted by atomic mass is 10.2. The molecule has 1 aromatic rings. The molecule has 118 valence electrons. The van der Waals surface area contributed by atoms with Gasteiger partial charge in [-0.3, -0.25) is 0 Å². The van der Waals surface area contributed by atoms with E-state index in [0.717, 1.165) is 5.76 Å². The van der Waals surface area contributed by atoms with Crippen molar-refractivity contribution >= 4 is 16.1 Å². The number of hydrogen-bond acceptors (Lipinski definition) is 4. The Balaban J connectivity index is 1.79. The number of piperazine rings is 1. The quantitative estimate of drug-likeness (QED) is 0.877. The van der Waals surface area contributed by atoms with Gasteiger partial charge in [-0.05, 0) is 19.1 Å². The van der Waals surface area contributed by atoms with E-state index in [2.05, 4.69) is 5.32 Å². The summed E-state index contributed by atoms with van der Waals surface area (Å²) >= 11 is 0. The third-order valence-corrected chi connectivity index (χ3v) is 4.76.